The van der Waals surface area contributed by atoms with Gasteiger partial charge in [-0.15, -0.1) is 0 Å². The Bertz CT molecular complexity index is 1350. The van der Waals surface area contributed by atoms with E-state index in [-0.39, 0.29) is 33.9 Å². The van der Waals surface area contributed by atoms with Crippen molar-refractivity contribution in [2.24, 2.45) is 11.8 Å². The van der Waals surface area contributed by atoms with Crippen LogP contribution in [0.1, 0.15) is 59.6 Å². The number of hydrogen-bond donors (Lipinski definition) is 1. The number of alkyl halides is 2. The molecule has 2 amide bonds. The zero-order valence-electron chi connectivity index (χ0n) is 19.3. The van der Waals surface area contributed by atoms with Gasteiger partial charge in [0.25, 0.3) is 12.3 Å². The number of piperidine rings is 1. The molecule has 3 aliphatic rings. The third-order valence-corrected chi connectivity index (χ3v) is 8.34. The summed E-state index contributed by atoms with van der Waals surface area (Å²) in [7, 11) is -3.54. The van der Waals surface area contributed by atoms with Crippen LogP contribution in [0.3, 0.4) is 0 Å². The molecule has 1 saturated heterocycles. The van der Waals surface area contributed by atoms with Crippen molar-refractivity contribution < 1.29 is 35.6 Å². The highest BCUT2D eigenvalue weighted by Gasteiger charge is 2.56. The van der Waals surface area contributed by atoms with E-state index in [4.69, 9.17) is 0 Å². The van der Waals surface area contributed by atoms with Crippen molar-refractivity contribution in [2.45, 2.75) is 55.1 Å². The highest BCUT2D eigenvalue weighted by molar-refractivity contribution is 7.90. The molecular weight excluding hydrogens is 500 g/mol. The van der Waals surface area contributed by atoms with Crippen LogP contribution < -0.4 is 5.32 Å². The molecule has 192 valence electrons. The van der Waals surface area contributed by atoms with E-state index in [9.17, 15) is 35.6 Å². The van der Waals surface area contributed by atoms with Gasteiger partial charge in [-0.3, -0.25) is 9.59 Å². The van der Waals surface area contributed by atoms with Crippen molar-refractivity contribution in [1.29, 1.82) is 0 Å². The number of carbonyl (C=O) groups excluding carboxylic acids is 2. The zero-order chi connectivity index (χ0) is 25.9. The maximum Gasteiger partial charge on any atom is 0.266 e. The Morgan fingerprint density at radius 3 is 2.33 bits per heavy atom. The van der Waals surface area contributed by atoms with Crippen LogP contribution in [0.25, 0.3) is 0 Å². The summed E-state index contributed by atoms with van der Waals surface area (Å²) >= 11 is 0. The Morgan fingerprint density at radius 2 is 1.69 bits per heavy atom. The smallest absolute Gasteiger partial charge is 0.266 e. The number of halogens is 4. The number of amides is 2. The van der Waals surface area contributed by atoms with Crippen LogP contribution in [-0.4, -0.2) is 43.5 Å². The van der Waals surface area contributed by atoms with Gasteiger partial charge < -0.3 is 10.2 Å². The second kappa shape index (κ2) is 8.86. The molecule has 36 heavy (non-hydrogen) atoms. The number of fused-ring (bicyclic) bond motifs is 1. The lowest BCUT2D eigenvalue weighted by atomic mass is 9.98. The van der Waals surface area contributed by atoms with Crippen LogP contribution >= 0.6 is 0 Å². The summed E-state index contributed by atoms with van der Waals surface area (Å²) in [6.45, 7) is 0. The number of nitrogens with zero attached hydrogens (tertiary/aromatic N) is 1. The number of hydrogen-bond acceptors (Lipinski definition) is 4. The van der Waals surface area contributed by atoms with Crippen LogP contribution in [0.2, 0.25) is 0 Å². The normalized spacial score (nSPS) is 23.9. The lowest BCUT2D eigenvalue weighted by Crippen LogP contribution is -2.49. The van der Waals surface area contributed by atoms with E-state index < -0.39 is 57.4 Å². The molecule has 2 aromatic carbocycles. The summed E-state index contributed by atoms with van der Waals surface area (Å²) in [4.78, 5) is 28.1. The lowest BCUT2D eigenvalue weighted by molar-refractivity contribution is -0.126. The maximum absolute atomic E-state index is 14.7. The largest absolute Gasteiger partial charge is 0.347 e. The minimum Gasteiger partial charge on any atom is -0.347 e. The van der Waals surface area contributed by atoms with E-state index in [0.717, 1.165) is 12.7 Å². The molecular formula is C25H24F4N2O4S. The second-order valence-corrected chi connectivity index (χ2v) is 11.9. The summed E-state index contributed by atoms with van der Waals surface area (Å²) in [5.74, 6) is -3.33. The van der Waals surface area contributed by atoms with E-state index in [0.29, 0.717) is 31.4 Å². The zero-order valence-corrected chi connectivity index (χ0v) is 20.1. The first-order chi connectivity index (χ1) is 17.0. The summed E-state index contributed by atoms with van der Waals surface area (Å²) < 4.78 is 78.7. The molecule has 1 aliphatic heterocycles. The first-order valence-electron chi connectivity index (χ1n) is 11.7. The van der Waals surface area contributed by atoms with Crippen LogP contribution in [-0.2, 0) is 14.6 Å². The van der Waals surface area contributed by atoms with E-state index in [1.54, 1.807) is 0 Å². The van der Waals surface area contributed by atoms with Gasteiger partial charge in [-0.05, 0) is 67.9 Å². The fraction of sp³-hybridized carbons (Fsp3) is 0.440. The third kappa shape index (κ3) is 4.60. The van der Waals surface area contributed by atoms with Gasteiger partial charge in [0.1, 0.15) is 17.7 Å². The number of benzene rings is 2. The van der Waals surface area contributed by atoms with Gasteiger partial charge in [0, 0.05) is 23.4 Å². The maximum atomic E-state index is 14.7. The molecule has 6 nitrogen and oxygen atoms in total. The van der Waals surface area contributed by atoms with Gasteiger partial charge >= 0.3 is 0 Å². The van der Waals surface area contributed by atoms with Gasteiger partial charge in [-0.1, -0.05) is 6.07 Å². The monoisotopic (exact) mass is 524 g/mol. The average Bonchev–Trinajstić information content (AvgIpc) is 3.75. The van der Waals surface area contributed by atoms with Gasteiger partial charge in [0.15, 0.2) is 9.84 Å². The first kappa shape index (κ1) is 24.7. The van der Waals surface area contributed by atoms with Crippen molar-refractivity contribution in [1.82, 2.24) is 10.2 Å². The second-order valence-electron chi connectivity index (χ2n) is 9.85. The number of likely N-dealkylation sites (tertiary alicyclic amines) is 1. The molecule has 1 N–H and O–H groups in total. The molecule has 0 unspecified atom stereocenters. The predicted molar refractivity (Wildman–Crippen MR) is 121 cm³/mol. The summed E-state index contributed by atoms with van der Waals surface area (Å²) in [5.41, 5.74) is -1.10. The Balaban J connectivity index is 1.39. The number of rotatable bonds is 7. The van der Waals surface area contributed by atoms with E-state index in [1.165, 1.54) is 29.2 Å². The van der Waals surface area contributed by atoms with Crippen LogP contribution in [0.4, 0.5) is 17.6 Å². The molecule has 0 bridgehead atoms. The predicted octanol–water partition coefficient (Wildman–Crippen LogP) is 4.18. The Morgan fingerprint density at radius 1 is 1.03 bits per heavy atom. The van der Waals surface area contributed by atoms with Gasteiger partial charge in [-0.2, -0.15) is 0 Å². The van der Waals surface area contributed by atoms with Crippen LogP contribution in [0.15, 0.2) is 41.3 Å². The first-order valence-corrected chi connectivity index (χ1v) is 13.5. The van der Waals surface area contributed by atoms with Gasteiger partial charge in [0.05, 0.1) is 16.5 Å². The van der Waals surface area contributed by atoms with Crippen LogP contribution in [0.5, 0.6) is 0 Å². The molecule has 3 fully saturated rings. The SMILES string of the molecule is CS(=O)(=O)c1cccc(C(=O)N2[C@@H](C(=O)N[C@@H](c3cc(F)c(C(F)F)cc3F)C3CC3)C[C@H]3C[C@H]32)c1. The van der Waals surface area contributed by atoms with Crippen molar-refractivity contribution in [3.8, 4) is 0 Å². The standard InChI is InChI=1S/C25H24F4N2O4S/c1-36(34,35)15-4-2-3-13(7-15)25(33)31-20-8-14(20)9-21(31)24(32)30-22(12-5-6-12)16-10-19(27)17(23(28)29)11-18(16)26/h2-4,7,10-12,14,20-23H,5-6,8-9H2,1H3,(H,30,32)/t14-,20-,21-,22-/m1/s1. The fourth-order valence-electron chi connectivity index (χ4n) is 5.10. The highest BCUT2D eigenvalue weighted by atomic mass is 32.2. The molecule has 1 heterocycles. The summed E-state index contributed by atoms with van der Waals surface area (Å²) in [6.07, 6.45) is 0.287. The molecule has 0 spiro atoms. The van der Waals surface area contributed by atoms with E-state index in [1.807, 2.05) is 0 Å². The minimum atomic E-state index is -3.54. The lowest BCUT2D eigenvalue weighted by Gasteiger charge is -2.29. The molecule has 0 aromatic heterocycles. The third-order valence-electron chi connectivity index (χ3n) is 7.23. The summed E-state index contributed by atoms with van der Waals surface area (Å²) in [6, 6.07) is 4.84. The number of nitrogens with one attached hydrogen (secondary N) is 1. The van der Waals surface area contributed by atoms with E-state index in [2.05, 4.69) is 5.32 Å². The topological polar surface area (TPSA) is 83.6 Å². The molecule has 2 aromatic rings. The Labute approximate surface area is 205 Å². The quantitative estimate of drug-likeness (QED) is 0.551. The molecule has 5 rings (SSSR count). The van der Waals surface area contributed by atoms with Crippen molar-refractivity contribution in [2.75, 3.05) is 6.26 Å². The van der Waals surface area contributed by atoms with Crippen molar-refractivity contribution >= 4 is 21.7 Å². The van der Waals surface area contributed by atoms with Gasteiger partial charge in [-0.25, -0.2) is 26.0 Å². The van der Waals surface area contributed by atoms with Crippen molar-refractivity contribution in [3.63, 3.8) is 0 Å². The fourth-order valence-corrected chi connectivity index (χ4v) is 5.77. The molecule has 2 saturated carbocycles. The average molecular weight is 525 g/mol. The van der Waals surface area contributed by atoms with Crippen molar-refractivity contribution in [3.05, 3.63) is 64.7 Å². The molecule has 2 aliphatic carbocycles. The van der Waals surface area contributed by atoms with Gasteiger partial charge in [0.2, 0.25) is 5.91 Å². The summed E-state index contributed by atoms with van der Waals surface area (Å²) in [5, 5.41) is 2.74. The molecule has 11 heteroatoms. The molecule has 4 atom stereocenters. The highest BCUT2D eigenvalue weighted by Crippen LogP contribution is 2.49. The number of carbonyl (C=O) groups is 2. The number of sulfone groups is 1. The Kier molecular flexibility index (Phi) is 6.09. The van der Waals surface area contributed by atoms with E-state index >= 15 is 0 Å². The minimum absolute atomic E-state index is 0.0144. The molecule has 0 radical (unpaired) electrons. The Hall–Kier alpha value is -2.95. The van der Waals surface area contributed by atoms with Crippen LogP contribution in [0, 0.1) is 23.5 Å².